The topological polar surface area (TPSA) is 60.4 Å². The van der Waals surface area contributed by atoms with Crippen LogP contribution in [0.25, 0.3) is 0 Å². The Balaban J connectivity index is 1.69. The summed E-state index contributed by atoms with van der Waals surface area (Å²) in [5.41, 5.74) is 1.82. The van der Waals surface area contributed by atoms with Crippen LogP contribution in [0, 0.1) is 0 Å². The van der Waals surface area contributed by atoms with E-state index < -0.39 is 11.2 Å². The first-order valence-corrected chi connectivity index (χ1v) is 8.60. The second-order valence-corrected chi connectivity index (χ2v) is 7.47. The van der Waals surface area contributed by atoms with Crippen molar-refractivity contribution < 1.29 is 24.1 Å². The van der Waals surface area contributed by atoms with Crippen LogP contribution in [0.2, 0.25) is 0 Å². The summed E-state index contributed by atoms with van der Waals surface area (Å²) < 4.78 is 22.8. The van der Waals surface area contributed by atoms with Crippen LogP contribution in [0.5, 0.6) is 11.5 Å². The average molecular weight is 333 g/mol. The first-order chi connectivity index (χ1) is 11.6. The monoisotopic (exact) mass is 333 g/mol. The molecule has 1 aliphatic carbocycles. The molecule has 1 aromatic rings. The number of nitrogens with zero attached hydrogens (tertiary/aromatic N) is 1. The van der Waals surface area contributed by atoms with Crippen molar-refractivity contribution in [1.29, 1.82) is 0 Å². The van der Waals surface area contributed by atoms with Crippen LogP contribution in [-0.2, 0) is 21.5 Å². The van der Waals surface area contributed by atoms with Crippen LogP contribution >= 0.6 is 0 Å². The maximum absolute atomic E-state index is 11.4. The lowest BCUT2D eigenvalue weighted by Crippen LogP contribution is -2.60. The fourth-order valence-electron chi connectivity index (χ4n) is 5.35. The number of rotatable bonds is 1. The zero-order valence-corrected chi connectivity index (χ0v) is 14.1. The fraction of sp³-hybridized carbons (Fsp3) is 0.667. The SMILES string of the molecule is CO[C@@H]1CC[C@@]23c4cc5c(cc4CO[C@]2(O)CN(C)[C@H]3C1)OCO5. The fourth-order valence-corrected chi connectivity index (χ4v) is 5.35. The third-order valence-electron chi connectivity index (χ3n) is 6.49. The third-order valence-corrected chi connectivity index (χ3v) is 6.49. The van der Waals surface area contributed by atoms with E-state index in [1.54, 1.807) is 7.11 Å². The molecule has 24 heavy (non-hydrogen) atoms. The van der Waals surface area contributed by atoms with E-state index in [1.165, 1.54) is 0 Å². The molecule has 4 aliphatic rings. The van der Waals surface area contributed by atoms with Crippen LogP contribution in [0.4, 0.5) is 0 Å². The Hall–Kier alpha value is -1.34. The molecule has 2 fully saturated rings. The molecule has 4 atom stereocenters. The molecule has 5 rings (SSSR count). The van der Waals surface area contributed by atoms with Crippen molar-refractivity contribution in [2.45, 2.75) is 49.2 Å². The van der Waals surface area contributed by atoms with Gasteiger partial charge in [0.15, 0.2) is 17.3 Å². The van der Waals surface area contributed by atoms with Crippen LogP contribution in [0.3, 0.4) is 0 Å². The number of benzene rings is 1. The first kappa shape index (κ1) is 15.0. The molecular weight excluding hydrogens is 310 g/mol. The molecule has 0 bridgehead atoms. The molecule has 0 aromatic heterocycles. The molecule has 6 nitrogen and oxygen atoms in total. The summed E-state index contributed by atoms with van der Waals surface area (Å²) in [6, 6.07) is 4.27. The van der Waals surface area contributed by atoms with Gasteiger partial charge < -0.3 is 24.1 Å². The highest BCUT2D eigenvalue weighted by atomic mass is 16.7. The minimum absolute atomic E-state index is 0.181. The normalized spacial score (nSPS) is 40.1. The van der Waals surface area contributed by atoms with Gasteiger partial charge in [0.2, 0.25) is 6.79 Å². The molecule has 1 spiro atoms. The minimum atomic E-state index is -1.16. The van der Waals surface area contributed by atoms with Crippen LogP contribution < -0.4 is 9.47 Å². The second-order valence-electron chi connectivity index (χ2n) is 7.47. The van der Waals surface area contributed by atoms with Gasteiger partial charge in [-0.15, -0.1) is 0 Å². The second kappa shape index (κ2) is 4.85. The molecule has 3 aliphatic heterocycles. The largest absolute Gasteiger partial charge is 0.454 e. The van der Waals surface area contributed by atoms with E-state index in [1.807, 2.05) is 6.07 Å². The van der Waals surface area contributed by atoms with Crippen molar-refractivity contribution >= 4 is 0 Å². The number of likely N-dealkylation sites (tertiary alicyclic amines) is 1. The van der Waals surface area contributed by atoms with Crippen LogP contribution in [0.1, 0.15) is 30.4 Å². The zero-order chi connectivity index (χ0) is 16.5. The van der Waals surface area contributed by atoms with Crippen molar-refractivity contribution in [2.24, 2.45) is 0 Å². The van der Waals surface area contributed by atoms with E-state index in [-0.39, 0.29) is 18.9 Å². The van der Waals surface area contributed by atoms with Gasteiger partial charge in [-0.05, 0) is 49.6 Å². The summed E-state index contributed by atoms with van der Waals surface area (Å²) in [5, 5.41) is 11.4. The summed E-state index contributed by atoms with van der Waals surface area (Å²) >= 11 is 0. The Morgan fingerprint density at radius 3 is 2.88 bits per heavy atom. The van der Waals surface area contributed by atoms with Crippen molar-refractivity contribution in [1.82, 2.24) is 4.90 Å². The molecule has 1 N–H and O–H groups in total. The third kappa shape index (κ3) is 1.69. The number of β-amino-alcohol motifs (C(OH)–C–C–N with tert-alkyl or cyclic N) is 1. The molecule has 0 radical (unpaired) electrons. The molecule has 3 heterocycles. The Morgan fingerprint density at radius 1 is 1.29 bits per heavy atom. The Labute approximate surface area is 141 Å². The van der Waals surface area contributed by atoms with E-state index in [2.05, 4.69) is 18.0 Å². The lowest BCUT2D eigenvalue weighted by molar-refractivity contribution is -0.251. The van der Waals surface area contributed by atoms with E-state index in [9.17, 15) is 5.11 Å². The Morgan fingerprint density at radius 2 is 2.08 bits per heavy atom. The highest BCUT2D eigenvalue weighted by Gasteiger charge is 2.67. The van der Waals surface area contributed by atoms with Gasteiger partial charge in [0.05, 0.1) is 24.7 Å². The smallest absolute Gasteiger partial charge is 0.231 e. The number of ether oxygens (including phenoxy) is 4. The summed E-state index contributed by atoms with van der Waals surface area (Å²) in [4.78, 5) is 2.23. The van der Waals surface area contributed by atoms with Gasteiger partial charge in [-0.1, -0.05) is 0 Å². The van der Waals surface area contributed by atoms with Crippen LogP contribution in [-0.4, -0.2) is 55.4 Å². The molecule has 130 valence electrons. The summed E-state index contributed by atoms with van der Waals surface area (Å²) in [6.07, 6.45) is 2.88. The number of fused-ring (bicyclic) bond motifs is 2. The van der Waals surface area contributed by atoms with Gasteiger partial charge in [-0.25, -0.2) is 0 Å². The lowest BCUT2D eigenvalue weighted by atomic mass is 9.60. The van der Waals surface area contributed by atoms with Gasteiger partial charge in [0, 0.05) is 13.2 Å². The first-order valence-electron chi connectivity index (χ1n) is 8.60. The summed E-state index contributed by atoms with van der Waals surface area (Å²) in [5.74, 6) is 0.383. The highest BCUT2D eigenvalue weighted by molar-refractivity contribution is 5.54. The predicted molar refractivity (Wildman–Crippen MR) is 85.0 cm³/mol. The average Bonchev–Trinajstić information content (AvgIpc) is 3.13. The quantitative estimate of drug-likeness (QED) is 0.838. The summed E-state index contributed by atoms with van der Waals surface area (Å²) in [7, 11) is 3.84. The molecule has 0 unspecified atom stereocenters. The standard InChI is InChI=1S/C18H23NO5/c1-19-9-18(20)17(4-3-12(21-2)6-16(17)19)13-7-15-14(22-10-23-15)5-11(13)8-24-18/h5,7,12,16,20H,3-4,6,8-10H2,1-2H3/t12-,16+,17+,18-/m1/s1. The number of hydrogen-bond donors (Lipinski definition) is 1. The number of aliphatic hydroxyl groups is 1. The summed E-state index contributed by atoms with van der Waals surface area (Å²) in [6.45, 7) is 1.17. The minimum Gasteiger partial charge on any atom is -0.454 e. The maximum Gasteiger partial charge on any atom is 0.231 e. The maximum atomic E-state index is 11.4. The van der Waals surface area contributed by atoms with E-state index in [4.69, 9.17) is 18.9 Å². The van der Waals surface area contributed by atoms with Crippen molar-refractivity contribution in [3.8, 4) is 11.5 Å². The number of methoxy groups -OCH3 is 1. The Bertz CT molecular complexity index is 694. The van der Waals surface area contributed by atoms with Crippen molar-refractivity contribution in [3.63, 3.8) is 0 Å². The van der Waals surface area contributed by atoms with Gasteiger partial charge in [-0.2, -0.15) is 0 Å². The van der Waals surface area contributed by atoms with E-state index in [0.29, 0.717) is 13.2 Å². The molecule has 6 heteroatoms. The Kier molecular flexibility index (Phi) is 3.02. The van der Waals surface area contributed by atoms with Gasteiger partial charge >= 0.3 is 0 Å². The molecule has 1 saturated carbocycles. The van der Waals surface area contributed by atoms with E-state index in [0.717, 1.165) is 41.9 Å². The van der Waals surface area contributed by atoms with Crippen molar-refractivity contribution in [2.75, 3.05) is 27.5 Å². The van der Waals surface area contributed by atoms with Gasteiger partial charge in [0.1, 0.15) is 0 Å². The molecular formula is C18H23NO5. The van der Waals surface area contributed by atoms with Crippen LogP contribution in [0.15, 0.2) is 12.1 Å². The van der Waals surface area contributed by atoms with Crippen molar-refractivity contribution in [3.05, 3.63) is 23.3 Å². The lowest BCUT2D eigenvalue weighted by Gasteiger charge is -2.52. The number of hydrogen-bond acceptors (Lipinski definition) is 6. The molecule has 1 aromatic carbocycles. The number of likely N-dealkylation sites (N-methyl/N-ethyl adjacent to an activating group) is 1. The molecule has 1 saturated heterocycles. The highest BCUT2D eigenvalue weighted by Crippen LogP contribution is 2.58. The zero-order valence-electron chi connectivity index (χ0n) is 14.1. The predicted octanol–water partition coefficient (Wildman–Crippen LogP) is 1.38. The van der Waals surface area contributed by atoms with Gasteiger partial charge in [0.25, 0.3) is 0 Å². The van der Waals surface area contributed by atoms with E-state index >= 15 is 0 Å². The molecule has 0 amide bonds. The van der Waals surface area contributed by atoms with Gasteiger partial charge in [-0.3, -0.25) is 4.90 Å².